The van der Waals surface area contributed by atoms with Crippen LogP contribution in [-0.2, 0) is 0 Å². The molecule has 116 valence electrons. The molecule has 0 radical (unpaired) electrons. The van der Waals surface area contributed by atoms with E-state index in [1.165, 1.54) is 5.69 Å². The number of hydrogen-bond acceptors (Lipinski definition) is 4. The minimum atomic E-state index is 0.252. The van der Waals surface area contributed by atoms with E-state index in [0.717, 1.165) is 38.4 Å². The van der Waals surface area contributed by atoms with E-state index in [0.29, 0.717) is 0 Å². The summed E-state index contributed by atoms with van der Waals surface area (Å²) in [6.45, 7) is 13.1. The highest BCUT2D eigenvalue weighted by Gasteiger charge is 2.16. The molecule has 1 aromatic rings. The number of aliphatic hydroxyl groups excluding tert-OH is 1. The molecule has 1 aliphatic rings. The third-order valence-corrected chi connectivity index (χ3v) is 3.05. The van der Waals surface area contributed by atoms with Crippen LogP contribution in [-0.4, -0.2) is 49.3 Å². The zero-order valence-electron chi connectivity index (χ0n) is 13.5. The molecule has 20 heavy (non-hydrogen) atoms. The molecular weight excluding hydrogens is 250 g/mol. The molecular formula is C16H31N3O. The Morgan fingerprint density at radius 3 is 1.90 bits per heavy atom. The predicted octanol–water partition coefficient (Wildman–Crippen LogP) is 2.44. The van der Waals surface area contributed by atoms with E-state index >= 15 is 0 Å². The molecule has 0 aromatic heterocycles. The molecule has 0 bridgehead atoms. The first-order valence-electron chi connectivity index (χ1n) is 7.73. The van der Waals surface area contributed by atoms with E-state index in [-0.39, 0.29) is 6.61 Å². The Balaban J connectivity index is 0.000000829. The number of β-amino-alcohol motifs (C(OH)–C–C–N with tert-alkyl or cyclic N) is 1. The summed E-state index contributed by atoms with van der Waals surface area (Å²) in [6, 6.07) is 8.01. The number of aliphatic hydroxyl groups is 1. The number of rotatable bonds is 3. The molecule has 2 rings (SSSR count). The number of nitrogens with zero attached hydrogens (tertiary/aromatic N) is 2. The van der Waals surface area contributed by atoms with Gasteiger partial charge in [0.2, 0.25) is 0 Å². The first-order valence-corrected chi connectivity index (χ1v) is 7.73. The van der Waals surface area contributed by atoms with Crippen LogP contribution in [0.3, 0.4) is 0 Å². The lowest BCUT2D eigenvalue weighted by Crippen LogP contribution is -2.47. The first-order chi connectivity index (χ1) is 9.79. The maximum atomic E-state index is 8.86. The second kappa shape index (κ2) is 11.6. The Hall–Kier alpha value is -1.26. The fourth-order valence-electron chi connectivity index (χ4n) is 2.06. The van der Waals surface area contributed by atoms with E-state index in [2.05, 4.69) is 21.9 Å². The van der Waals surface area contributed by atoms with Crippen molar-refractivity contribution in [2.75, 3.05) is 50.0 Å². The van der Waals surface area contributed by atoms with Crippen molar-refractivity contribution in [2.24, 2.45) is 0 Å². The normalized spacial score (nSPS) is 14.8. The Kier molecular flexibility index (Phi) is 10.8. The number of piperazine rings is 1. The molecule has 4 heteroatoms. The van der Waals surface area contributed by atoms with Gasteiger partial charge >= 0.3 is 0 Å². The monoisotopic (exact) mass is 281 g/mol. The van der Waals surface area contributed by atoms with Crippen molar-refractivity contribution in [2.45, 2.75) is 27.7 Å². The van der Waals surface area contributed by atoms with Gasteiger partial charge in [0.05, 0.1) is 6.61 Å². The summed E-state index contributed by atoms with van der Waals surface area (Å²) in [5, 5.41) is 8.86. The van der Waals surface area contributed by atoms with Crippen molar-refractivity contribution in [3.8, 4) is 0 Å². The van der Waals surface area contributed by atoms with Crippen LogP contribution >= 0.6 is 0 Å². The highest BCUT2D eigenvalue weighted by Crippen LogP contribution is 2.17. The van der Waals surface area contributed by atoms with Crippen molar-refractivity contribution in [3.63, 3.8) is 0 Å². The standard InChI is InChI=1S/C12H19N3O.2C2H6/c13-11-1-3-12(4-2-11)15-7-5-14(6-8-15)9-10-16;2*1-2/h1-4,16H,5-10,13H2;2*1-2H3. The van der Waals surface area contributed by atoms with Crippen LogP contribution in [0.5, 0.6) is 0 Å². The van der Waals surface area contributed by atoms with Crippen LogP contribution in [0.2, 0.25) is 0 Å². The van der Waals surface area contributed by atoms with Crippen LogP contribution in [0.15, 0.2) is 24.3 Å². The molecule has 1 saturated heterocycles. The molecule has 1 aliphatic heterocycles. The van der Waals surface area contributed by atoms with E-state index in [9.17, 15) is 0 Å². The topological polar surface area (TPSA) is 52.7 Å². The maximum Gasteiger partial charge on any atom is 0.0558 e. The summed E-state index contributed by atoms with van der Waals surface area (Å²) in [5.74, 6) is 0. The maximum absolute atomic E-state index is 8.86. The van der Waals surface area contributed by atoms with E-state index in [1.807, 2.05) is 39.8 Å². The van der Waals surface area contributed by atoms with Gasteiger partial charge in [-0.2, -0.15) is 0 Å². The van der Waals surface area contributed by atoms with Gasteiger partial charge < -0.3 is 15.7 Å². The van der Waals surface area contributed by atoms with Gasteiger partial charge in [-0.3, -0.25) is 4.90 Å². The molecule has 0 unspecified atom stereocenters. The number of nitrogens with two attached hydrogens (primary N) is 1. The summed E-state index contributed by atoms with van der Waals surface area (Å²) in [7, 11) is 0. The molecule has 0 saturated carbocycles. The highest BCUT2D eigenvalue weighted by atomic mass is 16.3. The smallest absolute Gasteiger partial charge is 0.0558 e. The Morgan fingerprint density at radius 1 is 0.950 bits per heavy atom. The molecule has 0 amide bonds. The largest absolute Gasteiger partial charge is 0.399 e. The molecule has 1 aromatic carbocycles. The van der Waals surface area contributed by atoms with Gasteiger partial charge in [-0.15, -0.1) is 0 Å². The summed E-state index contributed by atoms with van der Waals surface area (Å²) in [6.07, 6.45) is 0. The van der Waals surface area contributed by atoms with Gasteiger partial charge in [0, 0.05) is 44.1 Å². The van der Waals surface area contributed by atoms with E-state index in [1.54, 1.807) is 0 Å². The molecule has 0 spiro atoms. The number of anilines is 2. The average molecular weight is 281 g/mol. The lowest BCUT2D eigenvalue weighted by molar-refractivity contribution is 0.189. The summed E-state index contributed by atoms with van der Waals surface area (Å²) in [5.41, 5.74) is 7.71. The van der Waals surface area contributed by atoms with Crippen LogP contribution < -0.4 is 10.6 Å². The molecule has 1 fully saturated rings. The van der Waals surface area contributed by atoms with Crippen LogP contribution in [0.1, 0.15) is 27.7 Å². The number of hydrogen-bond donors (Lipinski definition) is 2. The third kappa shape index (κ3) is 6.26. The third-order valence-electron chi connectivity index (χ3n) is 3.05. The number of benzene rings is 1. The second-order valence-corrected chi connectivity index (χ2v) is 4.14. The zero-order chi connectivity index (χ0) is 15.4. The Bertz CT molecular complexity index is 319. The van der Waals surface area contributed by atoms with Crippen molar-refractivity contribution in [3.05, 3.63) is 24.3 Å². The highest BCUT2D eigenvalue weighted by molar-refractivity contribution is 5.53. The second-order valence-electron chi connectivity index (χ2n) is 4.14. The van der Waals surface area contributed by atoms with Gasteiger partial charge in [0.15, 0.2) is 0 Å². The van der Waals surface area contributed by atoms with Crippen molar-refractivity contribution in [1.82, 2.24) is 4.90 Å². The molecule has 0 atom stereocenters. The molecule has 1 heterocycles. The van der Waals surface area contributed by atoms with E-state index in [4.69, 9.17) is 10.8 Å². The van der Waals surface area contributed by atoms with Crippen molar-refractivity contribution < 1.29 is 5.11 Å². The van der Waals surface area contributed by atoms with Gasteiger partial charge in [0.25, 0.3) is 0 Å². The molecule has 3 N–H and O–H groups in total. The molecule has 4 nitrogen and oxygen atoms in total. The van der Waals surface area contributed by atoms with Gasteiger partial charge in [-0.05, 0) is 24.3 Å². The van der Waals surface area contributed by atoms with Crippen LogP contribution in [0.25, 0.3) is 0 Å². The lowest BCUT2D eigenvalue weighted by Gasteiger charge is -2.35. The quantitative estimate of drug-likeness (QED) is 0.836. The van der Waals surface area contributed by atoms with Crippen molar-refractivity contribution in [1.29, 1.82) is 0 Å². The first kappa shape index (κ1) is 18.7. The summed E-state index contributed by atoms with van der Waals surface area (Å²) < 4.78 is 0. The van der Waals surface area contributed by atoms with E-state index < -0.39 is 0 Å². The lowest BCUT2D eigenvalue weighted by atomic mass is 10.2. The van der Waals surface area contributed by atoms with Gasteiger partial charge in [0.1, 0.15) is 0 Å². The molecule has 0 aliphatic carbocycles. The SMILES string of the molecule is CC.CC.Nc1ccc(N2CCN(CCO)CC2)cc1. The Morgan fingerprint density at radius 2 is 1.45 bits per heavy atom. The average Bonchev–Trinajstić information content (AvgIpc) is 2.53. The van der Waals surface area contributed by atoms with Crippen LogP contribution in [0.4, 0.5) is 11.4 Å². The van der Waals surface area contributed by atoms with Crippen molar-refractivity contribution >= 4 is 11.4 Å². The van der Waals surface area contributed by atoms with Gasteiger partial charge in [-0.1, -0.05) is 27.7 Å². The fourth-order valence-corrected chi connectivity index (χ4v) is 2.06. The minimum Gasteiger partial charge on any atom is -0.399 e. The summed E-state index contributed by atoms with van der Waals surface area (Å²) in [4.78, 5) is 4.64. The Labute approximate surface area is 124 Å². The number of nitrogen functional groups attached to an aromatic ring is 1. The zero-order valence-corrected chi connectivity index (χ0v) is 13.5. The fraction of sp³-hybridized carbons (Fsp3) is 0.625. The predicted molar refractivity (Wildman–Crippen MR) is 89.3 cm³/mol. The van der Waals surface area contributed by atoms with Gasteiger partial charge in [-0.25, -0.2) is 0 Å². The van der Waals surface area contributed by atoms with Crippen LogP contribution in [0, 0.1) is 0 Å². The minimum absolute atomic E-state index is 0.252. The summed E-state index contributed by atoms with van der Waals surface area (Å²) >= 11 is 0.